The van der Waals surface area contributed by atoms with Gasteiger partial charge in [-0.1, -0.05) is 24.8 Å². The van der Waals surface area contributed by atoms with Gasteiger partial charge < -0.3 is 10.6 Å². The van der Waals surface area contributed by atoms with Crippen LogP contribution in [0.1, 0.15) is 10.4 Å². The minimum absolute atomic E-state index is 0.245. The van der Waals surface area contributed by atoms with Crippen molar-refractivity contribution >= 4 is 28.4 Å². The molecule has 0 aliphatic heterocycles. The Balaban J connectivity index is 2.15. The van der Waals surface area contributed by atoms with Gasteiger partial charge in [-0.05, 0) is 30.3 Å². The van der Waals surface area contributed by atoms with Crippen molar-refractivity contribution in [2.24, 2.45) is 0 Å². The number of benzene rings is 2. The third-order valence-corrected chi connectivity index (χ3v) is 3.62. The Morgan fingerprint density at radius 2 is 2.00 bits per heavy atom. The highest BCUT2D eigenvalue weighted by Gasteiger charge is 2.13. The maximum Gasteiger partial charge on any atom is 0.251 e. The van der Waals surface area contributed by atoms with Gasteiger partial charge in [-0.25, -0.2) is 0 Å². The zero-order chi connectivity index (χ0) is 17.1. The molecule has 0 aliphatic carbocycles. The maximum absolute atomic E-state index is 12.0. The number of para-hydroxylation sites is 1. The van der Waals surface area contributed by atoms with Gasteiger partial charge in [0.15, 0.2) is 0 Å². The maximum atomic E-state index is 12.0. The lowest BCUT2D eigenvalue weighted by Crippen LogP contribution is -2.18. The predicted octanol–water partition coefficient (Wildman–Crippen LogP) is 2.71. The van der Waals surface area contributed by atoms with Crippen molar-refractivity contribution in [1.82, 2.24) is 15.5 Å². The van der Waals surface area contributed by atoms with Gasteiger partial charge >= 0.3 is 0 Å². The van der Waals surface area contributed by atoms with Crippen molar-refractivity contribution in [3.05, 3.63) is 60.7 Å². The summed E-state index contributed by atoms with van der Waals surface area (Å²) in [5, 5.41) is 13.5. The summed E-state index contributed by atoms with van der Waals surface area (Å²) >= 11 is 0. The third kappa shape index (κ3) is 2.89. The van der Waals surface area contributed by atoms with Crippen molar-refractivity contribution in [2.45, 2.75) is 0 Å². The first-order valence-electron chi connectivity index (χ1n) is 7.36. The molecule has 1 heterocycles. The fourth-order valence-electron chi connectivity index (χ4n) is 2.49. The van der Waals surface area contributed by atoms with Gasteiger partial charge in [0.1, 0.15) is 0 Å². The fourth-order valence-corrected chi connectivity index (χ4v) is 2.49. The largest absolute Gasteiger partial charge is 0.355 e. The molecule has 120 valence electrons. The monoisotopic (exact) mass is 320 g/mol. The minimum Gasteiger partial charge on any atom is -0.355 e. The van der Waals surface area contributed by atoms with Gasteiger partial charge in [0.25, 0.3) is 5.91 Å². The molecule has 0 spiro atoms. The van der Waals surface area contributed by atoms with Crippen molar-refractivity contribution in [3.8, 4) is 11.3 Å². The van der Waals surface area contributed by atoms with Crippen LogP contribution in [0.25, 0.3) is 22.2 Å². The van der Waals surface area contributed by atoms with Crippen molar-refractivity contribution in [1.29, 1.82) is 0 Å². The summed E-state index contributed by atoms with van der Waals surface area (Å²) in [6, 6.07) is 12.8. The number of aromatic nitrogens is 2. The first-order valence-corrected chi connectivity index (χ1v) is 7.36. The molecule has 3 aromatic rings. The van der Waals surface area contributed by atoms with E-state index in [1.54, 1.807) is 25.2 Å². The molecule has 0 radical (unpaired) electrons. The molecule has 0 saturated heterocycles. The fraction of sp³-hybridized carbons (Fsp3) is 0.0556. The number of nitrogens with zero attached hydrogens (tertiary/aromatic N) is 1. The molecule has 6 heteroatoms. The van der Waals surface area contributed by atoms with E-state index in [-0.39, 0.29) is 11.8 Å². The van der Waals surface area contributed by atoms with Gasteiger partial charge in [0.05, 0.1) is 11.2 Å². The van der Waals surface area contributed by atoms with E-state index >= 15 is 0 Å². The van der Waals surface area contributed by atoms with Crippen LogP contribution in [0.15, 0.2) is 55.1 Å². The van der Waals surface area contributed by atoms with Crippen LogP contribution >= 0.6 is 0 Å². The summed E-state index contributed by atoms with van der Waals surface area (Å²) in [6.07, 6.45) is 1.18. The predicted molar refractivity (Wildman–Crippen MR) is 93.7 cm³/mol. The normalized spacial score (nSPS) is 10.4. The lowest BCUT2D eigenvalue weighted by molar-refractivity contribution is -0.111. The molecule has 0 atom stereocenters. The summed E-state index contributed by atoms with van der Waals surface area (Å²) in [6.45, 7) is 3.44. The highest BCUT2D eigenvalue weighted by molar-refractivity contribution is 6.03. The first-order chi connectivity index (χ1) is 11.6. The quantitative estimate of drug-likeness (QED) is 0.646. The second-order valence-corrected chi connectivity index (χ2v) is 5.19. The molecule has 0 unspecified atom stereocenters. The number of nitrogens with one attached hydrogen (secondary N) is 3. The summed E-state index contributed by atoms with van der Waals surface area (Å²) in [4.78, 5) is 23.6. The van der Waals surface area contributed by atoms with E-state index in [1.807, 2.05) is 24.3 Å². The molecule has 3 rings (SSSR count). The van der Waals surface area contributed by atoms with Crippen molar-refractivity contribution < 1.29 is 9.59 Å². The van der Waals surface area contributed by atoms with E-state index in [9.17, 15) is 9.59 Å². The van der Waals surface area contributed by atoms with Gasteiger partial charge in [-0.2, -0.15) is 5.10 Å². The number of carbonyl (C=O) groups excluding carboxylic acids is 2. The van der Waals surface area contributed by atoms with Crippen LogP contribution in [0.4, 0.5) is 5.69 Å². The van der Waals surface area contributed by atoms with Crippen LogP contribution in [0.3, 0.4) is 0 Å². The van der Waals surface area contributed by atoms with E-state index < -0.39 is 0 Å². The highest BCUT2D eigenvalue weighted by atomic mass is 16.2. The van der Waals surface area contributed by atoms with Gasteiger partial charge in [-0.15, -0.1) is 0 Å². The van der Waals surface area contributed by atoms with Gasteiger partial charge in [0, 0.05) is 29.2 Å². The molecule has 24 heavy (non-hydrogen) atoms. The van der Waals surface area contributed by atoms with E-state index in [1.165, 1.54) is 6.08 Å². The standard InChI is InChI=1S/C18H16N4O2/c1-3-16(23)20-13-9-11(8-12(10-13)18(24)19-2)17-14-6-4-5-7-15(14)21-22-17/h3-10H,1H2,2H3,(H,19,24)(H,20,23)(H,21,22). The Morgan fingerprint density at radius 1 is 1.21 bits per heavy atom. The van der Waals surface area contributed by atoms with Gasteiger partial charge in [-0.3, -0.25) is 14.7 Å². The Labute approximate surface area is 138 Å². The molecule has 0 fully saturated rings. The second kappa shape index (κ2) is 6.37. The molecule has 6 nitrogen and oxygen atoms in total. The second-order valence-electron chi connectivity index (χ2n) is 5.19. The number of carbonyl (C=O) groups is 2. The minimum atomic E-state index is -0.345. The summed E-state index contributed by atoms with van der Waals surface area (Å²) in [5.74, 6) is -0.590. The molecule has 0 saturated carbocycles. The lowest BCUT2D eigenvalue weighted by atomic mass is 10.0. The van der Waals surface area contributed by atoms with Crippen molar-refractivity contribution in [3.63, 3.8) is 0 Å². The van der Waals surface area contributed by atoms with E-state index in [0.717, 1.165) is 16.5 Å². The Hall–Kier alpha value is -3.41. The van der Waals surface area contributed by atoms with Crippen LogP contribution in [0.5, 0.6) is 0 Å². The number of anilines is 1. The number of aromatic amines is 1. The lowest BCUT2D eigenvalue weighted by Gasteiger charge is -2.09. The molecular formula is C18H16N4O2. The number of H-pyrrole nitrogens is 1. The van der Waals surface area contributed by atoms with E-state index in [2.05, 4.69) is 27.4 Å². The molecular weight excluding hydrogens is 304 g/mol. The molecule has 1 aromatic heterocycles. The Kier molecular flexibility index (Phi) is 4.11. The van der Waals surface area contributed by atoms with E-state index in [0.29, 0.717) is 16.9 Å². The smallest absolute Gasteiger partial charge is 0.251 e. The number of hydrogen-bond acceptors (Lipinski definition) is 3. The first kappa shape index (κ1) is 15.5. The van der Waals surface area contributed by atoms with Crippen LogP contribution in [-0.2, 0) is 4.79 Å². The van der Waals surface area contributed by atoms with Crippen LogP contribution < -0.4 is 10.6 Å². The highest BCUT2D eigenvalue weighted by Crippen LogP contribution is 2.29. The Bertz CT molecular complexity index is 943. The SMILES string of the molecule is C=CC(=O)Nc1cc(C(=O)NC)cc(-c2n[nH]c3ccccc23)c1. The number of hydrogen-bond donors (Lipinski definition) is 3. The number of amides is 2. The molecule has 0 aliphatic rings. The average Bonchev–Trinajstić information content (AvgIpc) is 3.04. The number of fused-ring (bicyclic) bond motifs is 1. The molecule has 3 N–H and O–H groups in total. The Morgan fingerprint density at radius 3 is 2.75 bits per heavy atom. The summed E-state index contributed by atoms with van der Waals surface area (Å²) in [5.41, 5.74) is 3.28. The van der Waals surface area contributed by atoms with Crippen LogP contribution in [-0.4, -0.2) is 29.1 Å². The summed E-state index contributed by atoms with van der Waals surface area (Å²) < 4.78 is 0. The van der Waals surface area contributed by atoms with Crippen molar-refractivity contribution in [2.75, 3.05) is 12.4 Å². The molecule has 2 amide bonds. The number of rotatable bonds is 4. The summed E-state index contributed by atoms with van der Waals surface area (Å²) in [7, 11) is 1.56. The zero-order valence-corrected chi connectivity index (χ0v) is 13.1. The molecule has 2 aromatic carbocycles. The van der Waals surface area contributed by atoms with Crippen LogP contribution in [0, 0.1) is 0 Å². The van der Waals surface area contributed by atoms with Gasteiger partial charge in [0.2, 0.25) is 5.91 Å². The average molecular weight is 320 g/mol. The zero-order valence-electron chi connectivity index (χ0n) is 13.1. The van der Waals surface area contributed by atoms with E-state index in [4.69, 9.17) is 0 Å². The third-order valence-electron chi connectivity index (χ3n) is 3.62. The molecule has 0 bridgehead atoms. The topological polar surface area (TPSA) is 86.9 Å². The van der Waals surface area contributed by atoms with Crippen LogP contribution in [0.2, 0.25) is 0 Å².